The topological polar surface area (TPSA) is 38.3 Å². The summed E-state index contributed by atoms with van der Waals surface area (Å²) in [7, 11) is 0. The van der Waals surface area contributed by atoms with Crippen molar-refractivity contribution in [1.29, 1.82) is 0 Å². The van der Waals surface area contributed by atoms with Gasteiger partial charge in [-0.25, -0.2) is 0 Å². The van der Waals surface area contributed by atoms with Crippen LogP contribution in [0.4, 0.5) is 0 Å². The summed E-state index contributed by atoms with van der Waals surface area (Å²) in [6.07, 6.45) is 1.29. The van der Waals surface area contributed by atoms with E-state index in [0.29, 0.717) is 32.1 Å². The van der Waals surface area contributed by atoms with Crippen molar-refractivity contribution in [3.63, 3.8) is 0 Å². The van der Waals surface area contributed by atoms with Gasteiger partial charge in [0.2, 0.25) is 5.91 Å². The van der Waals surface area contributed by atoms with E-state index in [-0.39, 0.29) is 5.91 Å². The van der Waals surface area contributed by atoms with Crippen LogP contribution in [0.2, 0.25) is 0 Å². The third kappa shape index (κ3) is 6.03. The number of amides is 1. The van der Waals surface area contributed by atoms with E-state index in [9.17, 15) is 4.79 Å². The molecule has 0 heterocycles. The molecule has 0 atom stereocenters. The molecular formula is C14H20ClNO2. The lowest BCUT2D eigenvalue weighted by Crippen LogP contribution is -2.27. The molecule has 0 aliphatic carbocycles. The zero-order valence-electron chi connectivity index (χ0n) is 10.7. The highest BCUT2D eigenvalue weighted by Crippen LogP contribution is 2.09. The van der Waals surface area contributed by atoms with E-state index in [1.54, 1.807) is 0 Å². The number of hydrogen-bond acceptors (Lipinski definition) is 2. The molecular weight excluding hydrogens is 250 g/mol. The van der Waals surface area contributed by atoms with Crippen LogP contribution in [0.1, 0.15) is 17.5 Å². The summed E-state index contributed by atoms with van der Waals surface area (Å²) in [4.78, 5) is 11.6. The van der Waals surface area contributed by atoms with E-state index in [1.165, 1.54) is 11.1 Å². The van der Waals surface area contributed by atoms with Crippen LogP contribution < -0.4 is 5.32 Å². The molecule has 0 aliphatic rings. The van der Waals surface area contributed by atoms with Crippen molar-refractivity contribution in [3.8, 4) is 0 Å². The average Bonchev–Trinajstić information content (AvgIpc) is 2.37. The van der Waals surface area contributed by atoms with Crippen molar-refractivity contribution in [2.24, 2.45) is 0 Å². The van der Waals surface area contributed by atoms with Gasteiger partial charge in [-0.05, 0) is 24.5 Å². The van der Waals surface area contributed by atoms with Gasteiger partial charge in [-0.1, -0.05) is 24.3 Å². The van der Waals surface area contributed by atoms with Gasteiger partial charge in [0.15, 0.2) is 0 Å². The molecule has 4 heteroatoms. The van der Waals surface area contributed by atoms with E-state index >= 15 is 0 Å². The van der Waals surface area contributed by atoms with E-state index < -0.39 is 0 Å². The first-order chi connectivity index (χ1) is 8.74. The largest absolute Gasteiger partial charge is 0.378 e. The van der Waals surface area contributed by atoms with Crippen LogP contribution in [0.15, 0.2) is 24.3 Å². The van der Waals surface area contributed by atoms with E-state index in [0.717, 1.165) is 6.42 Å². The Labute approximate surface area is 113 Å². The Bertz CT molecular complexity index is 369. The number of carbonyl (C=O) groups is 1. The van der Waals surface area contributed by atoms with Crippen LogP contribution in [0.3, 0.4) is 0 Å². The quantitative estimate of drug-likeness (QED) is 0.581. The Morgan fingerprint density at radius 3 is 2.83 bits per heavy atom. The van der Waals surface area contributed by atoms with Crippen molar-refractivity contribution in [1.82, 2.24) is 5.32 Å². The first-order valence-corrected chi connectivity index (χ1v) is 6.72. The molecule has 1 amide bonds. The first kappa shape index (κ1) is 15.0. The fraction of sp³-hybridized carbons (Fsp3) is 0.500. The lowest BCUT2D eigenvalue weighted by Gasteiger charge is -2.07. The second-order valence-corrected chi connectivity index (χ2v) is 4.46. The number of benzene rings is 1. The number of ether oxygens (including phenoxy) is 1. The number of rotatable bonds is 8. The molecule has 1 N–H and O–H groups in total. The zero-order chi connectivity index (χ0) is 13.2. The van der Waals surface area contributed by atoms with E-state index in [4.69, 9.17) is 16.3 Å². The molecule has 0 saturated carbocycles. The van der Waals surface area contributed by atoms with E-state index in [2.05, 4.69) is 24.4 Å². The van der Waals surface area contributed by atoms with Crippen LogP contribution in [0, 0.1) is 6.92 Å². The second kappa shape index (κ2) is 8.95. The molecule has 18 heavy (non-hydrogen) atoms. The van der Waals surface area contributed by atoms with Gasteiger partial charge in [-0.3, -0.25) is 4.79 Å². The highest BCUT2D eigenvalue weighted by molar-refractivity contribution is 6.17. The molecule has 100 valence electrons. The Kier molecular flexibility index (Phi) is 7.46. The smallest absolute Gasteiger partial charge is 0.220 e. The van der Waals surface area contributed by atoms with Crippen LogP contribution in [-0.2, 0) is 16.0 Å². The van der Waals surface area contributed by atoms with Crippen LogP contribution in [-0.4, -0.2) is 31.5 Å². The number of hydrogen-bond donors (Lipinski definition) is 1. The summed E-state index contributed by atoms with van der Waals surface area (Å²) in [5.41, 5.74) is 2.46. The summed E-state index contributed by atoms with van der Waals surface area (Å²) in [5, 5.41) is 2.82. The predicted molar refractivity (Wildman–Crippen MR) is 74.0 cm³/mol. The Hall–Kier alpha value is -1.06. The fourth-order valence-corrected chi connectivity index (χ4v) is 1.76. The van der Waals surface area contributed by atoms with Crippen molar-refractivity contribution < 1.29 is 9.53 Å². The van der Waals surface area contributed by atoms with Gasteiger partial charge in [0, 0.05) is 18.8 Å². The number of nitrogens with one attached hydrogen (secondary N) is 1. The lowest BCUT2D eigenvalue weighted by molar-refractivity contribution is -0.121. The number of halogens is 1. The molecule has 3 nitrogen and oxygen atoms in total. The maximum Gasteiger partial charge on any atom is 0.220 e. The van der Waals surface area contributed by atoms with Gasteiger partial charge in [0.1, 0.15) is 0 Å². The second-order valence-electron chi connectivity index (χ2n) is 4.08. The molecule has 0 radical (unpaired) electrons. The summed E-state index contributed by atoms with van der Waals surface area (Å²) in [6.45, 7) is 3.65. The maximum atomic E-state index is 11.6. The van der Waals surface area contributed by atoms with E-state index in [1.807, 2.05) is 12.1 Å². The number of carbonyl (C=O) groups excluding carboxylic acids is 1. The molecule has 0 fully saturated rings. The van der Waals surface area contributed by atoms with Crippen LogP contribution in [0.5, 0.6) is 0 Å². The molecule has 0 bridgehead atoms. The third-order valence-electron chi connectivity index (χ3n) is 2.67. The van der Waals surface area contributed by atoms with Crippen molar-refractivity contribution in [3.05, 3.63) is 35.4 Å². The average molecular weight is 270 g/mol. The maximum absolute atomic E-state index is 11.6. The zero-order valence-corrected chi connectivity index (χ0v) is 11.5. The van der Waals surface area contributed by atoms with Crippen molar-refractivity contribution in [2.75, 3.05) is 25.6 Å². The summed E-state index contributed by atoms with van der Waals surface area (Å²) in [5.74, 6) is 0.550. The standard InChI is InChI=1S/C14H20ClNO2/c1-12-4-2-3-5-13(12)6-7-14(17)16-9-11-18-10-8-15/h2-5H,6-11H2,1H3,(H,16,17). The molecule has 0 aliphatic heterocycles. The SMILES string of the molecule is Cc1ccccc1CCC(=O)NCCOCCCl. The Morgan fingerprint density at radius 1 is 1.33 bits per heavy atom. The fourth-order valence-electron chi connectivity index (χ4n) is 1.65. The molecule has 0 unspecified atom stereocenters. The first-order valence-electron chi connectivity index (χ1n) is 6.19. The molecule has 1 aromatic carbocycles. The van der Waals surface area contributed by atoms with Crippen molar-refractivity contribution >= 4 is 17.5 Å². The molecule has 0 saturated heterocycles. The minimum absolute atomic E-state index is 0.0627. The van der Waals surface area contributed by atoms with Gasteiger partial charge < -0.3 is 10.1 Å². The normalized spacial score (nSPS) is 10.3. The number of aryl methyl sites for hydroxylation is 2. The van der Waals surface area contributed by atoms with Gasteiger partial charge in [-0.15, -0.1) is 11.6 Å². The summed E-state index contributed by atoms with van der Waals surface area (Å²) < 4.78 is 5.17. The number of alkyl halides is 1. The van der Waals surface area contributed by atoms with Gasteiger partial charge >= 0.3 is 0 Å². The van der Waals surface area contributed by atoms with Crippen molar-refractivity contribution in [2.45, 2.75) is 19.8 Å². The monoisotopic (exact) mass is 269 g/mol. The van der Waals surface area contributed by atoms with Crippen LogP contribution in [0.25, 0.3) is 0 Å². The minimum Gasteiger partial charge on any atom is -0.378 e. The minimum atomic E-state index is 0.0627. The van der Waals surface area contributed by atoms with Crippen LogP contribution >= 0.6 is 11.6 Å². The Morgan fingerprint density at radius 2 is 2.11 bits per heavy atom. The molecule has 0 spiro atoms. The molecule has 0 aromatic heterocycles. The highest BCUT2D eigenvalue weighted by Gasteiger charge is 2.03. The predicted octanol–water partition coefficient (Wildman–Crippen LogP) is 2.30. The summed E-state index contributed by atoms with van der Waals surface area (Å²) >= 11 is 5.46. The molecule has 1 rings (SSSR count). The van der Waals surface area contributed by atoms with Gasteiger partial charge in [0.05, 0.1) is 13.2 Å². The highest BCUT2D eigenvalue weighted by atomic mass is 35.5. The summed E-state index contributed by atoms with van der Waals surface area (Å²) in [6, 6.07) is 8.13. The van der Waals surface area contributed by atoms with Gasteiger partial charge in [0.25, 0.3) is 0 Å². The Balaban J connectivity index is 2.15. The van der Waals surface area contributed by atoms with Gasteiger partial charge in [-0.2, -0.15) is 0 Å². The third-order valence-corrected chi connectivity index (χ3v) is 2.83. The molecule has 1 aromatic rings. The lowest BCUT2D eigenvalue weighted by atomic mass is 10.0.